The zero-order valence-corrected chi connectivity index (χ0v) is 18.6. The number of amides is 2. The van der Waals surface area contributed by atoms with E-state index in [0.717, 1.165) is 24.1 Å². The van der Waals surface area contributed by atoms with Crippen LogP contribution in [0.15, 0.2) is 48.2 Å². The largest absolute Gasteiger partial charge is 0.382 e. The molecule has 4 rings (SSSR count). The fourth-order valence-electron chi connectivity index (χ4n) is 4.37. The van der Waals surface area contributed by atoms with Gasteiger partial charge in [-0.3, -0.25) is 14.5 Å². The van der Waals surface area contributed by atoms with Gasteiger partial charge in [0.25, 0.3) is 11.8 Å². The van der Waals surface area contributed by atoms with Gasteiger partial charge in [-0.05, 0) is 61.4 Å². The van der Waals surface area contributed by atoms with Crippen LogP contribution in [-0.2, 0) is 27.3 Å². The lowest BCUT2D eigenvalue weighted by Crippen LogP contribution is -2.38. The summed E-state index contributed by atoms with van der Waals surface area (Å²) in [6.07, 6.45) is 1.51. The molecule has 0 atom stereocenters. The minimum atomic E-state index is -0.196. The third-order valence-corrected chi connectivity index (χ3v) is 6.26. The SMILES string of the molecule is CCOCCCN1C(=O)C(c2ccc(C)c(C)c2)=C(N2CCc3ccccc3C2)C1=O. The van der Waals surface area contributed by atoms with Crippen LogP contribution in [0.25, 0.3) is 5.57 Å². The number of aryl methyl sites for hydroxylation is 2. The van der Waals surface area contributed by atoms with Crippen molar-refractivity contribution in [2.75, 3.05) is 26.3 Å². The Morgan fingerprint density at radius 3 is 2.48 bits per heavy atom. The van der Waals surface area contributed by atoms with Crippen LogP contribution in [-0.4, -0.2) is 47.9 Å². The summed E-state index contributed by atoms with van der Waals surface area (Å²) < 4.78 is 5.41. The van der Waals surface area contributed by atoms with Gasteiger partial charge in [0, 0.05) is 32.8 Å². The molecule has 2 aliphatic heterocycles. The Morgan fingerprint density at radius 1 is 0.968 bits per heavy atom. The molecule has 0 spiro atoms. The van der Waals surface area contributed by atoms with Gasteiger partial charge in [-0.1, -0.05) is 42.5 Å². The normalized spacial score (nSPS) is 16.4. The second kappa shape index (κ2) is 9.06. The van der Waals surface area contributed by atoms with Crippen molar-refractivity contribution in [2.24, 2.45) is 0 Å². The predicted octanol–water partition coefficient (Wildman–Crippen LogP) is 3.87. The van der Waals surface area contributed by atoms with Gasteiger partial charge in [0.15, 0.2) is 0 Å². The van der Waals surface area contributed by atoms with Gasteiger partial charge in [0.1, 0.15) is 5.70 Å². The molecule has 162 valence electrons. The molecule has 5 heteroatoms. The van der Waals surface area contributed by atoms with Crippen LogP contribution in [0.1, 0.15) is 41.2 Å². The minimum Gasteiger partial charge on any atom is -0.382 e. The average Bonchev–Trinajstić information content (AvgIpc) is 3.02. The van der Waals surface area contributed by atoms with Gasteiger partial charge in [0.2, 0.25) is 0 Å². The number of carbonyl (C=O) groups is 2. The van der Waals surface area contributed by atoms with Crippen LogP contribution in [0.4, 0.5) is 0 Å². The van der Waals surface area contributed by atoms with Gasteiger partial charge < -0.3 is 9.64 Å². The molecule has 0 bridgehead atoms. The molecule has 0 fully saturated rings. The molecule has 0 aromatic heterocycles. The third-order valence-electron chi connectivity index (χ3n) is 6.26. The second-order valence-electron chi connectivity index (χ2n) is 8.28. The summed E-state index contributed by atoms with van der Waals surface area (Å²) >= 11 is 0. The maximum Gasteiger partial charge on any atom is 0.277 e. The maximum atomic E-state index is 13.5. The van der Waals surface area contributed by atoms with E-state index in [0.29, 0.717) is 44.0 Å². The van der Waals surface area contributed by atoms with E-state index in [4.69, 9.17) is 4.74 Å². The Kier molecular flexibility index (Phi) is 6.23. The van der Waals surface area contributed by atoms with Gasteiger partial charge in [-0.15, -0.1) is 0 Å². The van der Waals surface area contributed by atoms with Crippen LogP contribution in [0.3, 0.4) is 0 Å². The van der Waals surface area contributed by atoms with Gasteiger partial charge >= 0.3 is 0 Å². The van der Waals surface area contributed by atoms with Crippen molar-refractivity contribution in [1.82, 2.24) is 9.80 Å². The summed E-state index contributed by atoms with van der Waals surface area (Å²) in [5, 5.41) is 0. The lowest BCUT2D eigenvalue weighted by molar-refractivity contribution is -0.137. The highest BCUT2D eigenvalue weighted by molar-refractivity contribution is 6.35. The molecular weight excluding hydrogens is 388 g/mol. The van der Waals surface area contributed by atoms with Crippen LogP contribution < -0.4 is 0 Å². The molecule has 2 aromatic carbocycles. The molecule has 0 N–H and O–H groups in total. The second-order valence-corrected chi connectivity index (χ2v) is 8.28. The van der Waals surface area contributed by atoms with E-state index in [1.807, 2.05) is 38.1 Å². The highest BCUT2D eigenvalue weighted by Crippen LogP contribution is 2.35. The number of nitrogens with zero attached hydrogens (tertiary/aromatic N) is 2. The summed E-state index contributed by atoms with van der Waals surface area (Å²) in [5.74, 6) is -0.382. The van der Waals surface area contributed by atoms with E-state index >= 15 is 0 Å². The monoisotopic (exact) mass is 418 g/mol. The fraction of sp³-hybridized carbons (Fsp3) is 0.385. The molecule has 0 unspecified atom stereocenters. The fourth-order valence-corrected chi connectivity index (χ4v) is 4.37. The molecule has 0 saturated carbocycles. The van der Waals surface area contributed by atoms with Crippen LogP contribution in [0, 0.1) is 13.8 Å². The number of rotatable bonds is 7. The molecule has 2 amide bonds. The predicted molar refractivity (Wildman–Crippen MR) is 121 cm³/mol. The molecule has 0 saturated heterocycles. The first-order valence-electron chi connectivity index (χ1n) is 11.1. The van der Waals surface area contributed by atoms with Crippen molar-refractivity contribution < 1.29 is 14.3 Å². The molecule has 2 heterocycles. The molecule has 2 aromatic rings. The first-order chi connectivity index (χ1) is 15.0. The Hall–Kier alpha value is -2.92. The van der Waals surface area contributed by atoms with Crippen LogP contribution >= 0.6 is 0 Å². The highest BCUT2D eigenvalue weighted by Gasteiger charge is 2.41. The topological polar surface area (TPSA) is 49.9 Å². The minimum absolute atomic E-state index is 0.186. The number of benzene rings is 2. The van der Waals surface area contributed by atoms with Crippen molar-refractivity contribution in [2.45, 2.75) is 40.2 Å². The van der Waals surface area contributed by atoms with Crippen LogP contribution in [0.5, 0.6) is 0 Å². The van der Waals surface area contributed by atoms with Crippen molar-refractivity contribution in [3.05, 3.63) is 76.0 Å². The third kappa shape index (κ3) is 4.15. The molecule has 5 nitrogen and oxygen atoms in total. The molecule has 0 radical (unpaired) electrons. The summed E-state index contributed by atoms with van der Waals surface area (Å²) in [6.45, 7) is 8.95. The number of imide groups is 1. The Balaban J connectivity index is 1.71. The van der Waals surface area contributed by atoms with E-state index in [-0.39, 0.29) is 11.8 Å². The Labute approximate surface area is 184 Å². The van der Waals surface area contributed by atoms with E-state index in [2.05, 4.69) is 30.0 Å². The van der Waals surface area contributed by atoms with Gasteiger partial charge in [0.05, 0.1) is 5.57 Å². The van der Waals surface area contributed by atoms with Gasteiger partial charge in [-0.2, -0.15) is 0 Å². The summed E-state index contributed by atoms with van der Waals surface area (Å²) in [7, 11) is 0. The quantitative estimate of drug-likeness (QED) is 0.506. The Bertz CT molecular complexity index is 1040. The molecular formula is C26H30N2O3. The first-order valence-corrected chi connectivity index (χ1v) is 11.1. The van der Waals surface area contributed by atoms with Crippen molar-refractivity contribution in [3.8, 4) is 0 Å². The molecule has 31 heavy (non-hydrogen) atoms. The van der Waals surface area contributed by atoms with E-state index < -0.39 is 0 Å². The number of hydrogen-bond acceptors (Lipinski definition) is 4. The van der Waals surface area contributed by atoms with E-state index in [9.17, 15) is 9.59 Å². The van der Waals surface area contributed by atoms with Crippen molar-refractivity contribution in [1.29, 1.82) is 0 Å². The standard InChI is InChI=1S/C26H30N2O3/c1-4-31-15-7-13-28-25(29)23(21-11-10-18(2)19(3)16-21)24(26(28)30)27-14-12-20-8-5-6-9-22(20)17-27/h5-6,8-11,16H,4,7,12-15,17H2,1-3H3. The van der Waals surface area contributed by atoms with Gasteiger partial charge in [-0.25, -0.2) is 0 Å². The zero-order valence-electron chi connectivity index (χ0n) is 18.6. The number of carbonyl (C=O) groups excluding carboxylic acids is 2. The zero-order chi connectivity index (χ0) is 22.0. The Morgan fingerprint density at radius 2 is 1.74 bits per heavy atom. The number of fused-ring (bicyclic) bond motifs is 1. The van der Waals surface area contributed by atoms with E-state index in [1.165, 1.54) is 21.6 Å². The summed E-state index contributed by atoms with van der Waals surface area (Å²) in [4.78, 5) is 30.4. The number of hydrogen-bond donors (Lipinski definition) is 0. The van der Waals surface area contributed by atoms with E-state index in [1.54, 1.807) is 0 Å². The molecule has 2 aliphatic rings. The summed E-state index contributed by atoms with van der Waals surface area (Å²) in [6, 6.07) is 14.4. The smallest absolute Gasteiger partial charge is 0.277 e. The van der Waals surface area contributed by atoms with Crippen molar-refractivity contribution >= 4 is 17.4 Å². The van der Waals surface area contributed by atoms with Crippen molar-refractivity contribution in [3.63, 3.8) is 0 Å². The van der Waals surface area contributed by atoms with Crippen LogP contribution in [0.2, 0.25) is 0 Å². The average molecular weight is 419 g/mol. The number of ether oxygens (including phenoxy) is 1. The molecule has 0 aliphatic carbocycles. The highest BCUT2D eigenvalue weighted by atomic mass is 16.5. The summed E-state index contributed by atoms with van der Waals surface area (Å²) in [5.41, 5.74) is 6.71. The lowest BCUT2D eigenvalue weighted by atomic mass is 9.96. The lowest BCUT2D eigenvalue weighted by Gasteiger charge is -2.31. The first kappa shape index (κ1) is 21.3. The maximum absolute atomic E-state index is 13.5.